The molecule has 2 rings (SSSR count). The maximum Gasteiger partial charge on any atom is 0.271 e. The van der Waals surface area contributed by atoms with E-state index in [1.54, 1.807) is 23.6 Å². The summed E-state index contributed by atoms with van der Waals surface area (Å²) >= 11 is 1.20. The van der Waals surface area contributed by atoms with Crippen LogP contribution in [-0.4, -0.2) is 15.0 Å². The molecule has 0 amide bonds. The summed E-state index contributed by atoms with van der Waals surface area (Å²) in [6.07, 6.45) is 0. The quantitative estimate of drug-likeness (QED) is 0.861. The number of rotatable bonds is 6. The summed E-state index contributed by atoms with van der Waals surface area (Å²) in [5, 5.41) is 5.05. The van der Waals surface area contributed by atoms with Gasteiger partial charge in [0.2, 0.25) is 0 Å². The van der Waals surface area contributed by atoms with E-state index >= 15 is 0 Å². The summed E-state index contributed by atoms with van der Waals surface area (Å²) in [5.41, 5.74) is 1.64. The number of hydrogen-bond acceptors (Lipinski definition) is 4. The van der Waals surface area contributed by atoms with E-state index in [2.05, 4.69) is 17.0 Å². The Kier molecular flexibility index (Phi) is 4.80. The number of nitrogens with one attached hydrogen (secondary N) is 2. The van der Waals surface area contributed by atoms with Crippen molar-refractivity contribution in [2.24, 2.45) is 0 Å². The van der Waals surface area contributed by atoms with Crippen LogP contribution in [0.3, 0.4) is 0 Å². The van der Waals surface area contributed by atoms with Crippen LogP contribution in [0.5, 0.6) is 0 Å². The standard InChI is InChI=1S/C14H18N2O2S2/c1-3-15-11(2)12-6-4-7-13(10-12)16-20(17,18)14-8-5-9-19-14/h4-11,15-16H,3H2,1-2H3. The fourth-order valence-electron chi connectivity index (χ4n) is 1.92. The molecule has 6 heteroatoms. The third-order valence-electron chi connectivity index (χ3n) is 2.91. The summed E-state index contributed by atoms with van der Waals surface area (Å²) in [5.74, 6) is 0. The van der Waals surface area contributed by atoms with E-state index in [1.807, 2.05) is 25.1 Å². The second-order valence-corrected chi connectivity index (χ2v) is 7.30. The molecule has 0 saturated heterocycles. The molecular formula is C14H18N2O2S2. The van der Waals surface area contributed by atoms with Gasteiger partial charge in [0.1, 0.15) is 4.21 Å². The molecule has 2 N–H and O–H groups in total. The first-order valence-corrected chi connectivity index (χ1v) is 8.79. The summed E-state index contributed by atoms with van der Waals surface area (Å²) in [4.78, 5) is 0. The van der Waals surface area contributed by atoms with Crippen molar-refractivity contribution in [3.63, 3.8) is 0 Å². The van der Waals surface area contributed by atoms with Crippen molar-refractivity contribution in [2.45, 2.75) is 24.1 Å². The van der Waals surface area contributed by atoms with Crippen molar-refractivity contribution in [1.82, 2.24) is 5.32 Å². The Balaban J connectivity index is 2.20. The number of thiophene rings is 1. The van der Waals surface area contributed by atoms with Gasteiger partial charge in [0.05, 0.1) is 0 Å². The highest BCUT2D eigenvalue weighted by atomic mass is 32.2. The van der Waals surface area contributed by atoms with Gasteiger partial charge in [-0.2, -0.15) is 0 Å². The molecule has 0 radical (unpaired) electrons. The fourth-order valence-corrected chi connectivity index (χ4v) is 3.96. The molecule has 108 valence electrons. The number of sulfonamides is 1. The van der Waals surface area contributed by atoms with Gasteiger partial charge in [-0.25, -0.2) is 8.42 Å². The second kappa shape index (κ2) is 6.39. The Labute approximate surface area is 123 Å². The van der Waals surface area contributed by atoms with E-state index in [0.29, 0.717) is 9.90 Å². The van der Waals surface area contributed by atoms with Crippen LogP contribution in [0.4, 0.5) is 5.69 Å². The lowest BCUT2D eigenvalue weighted by Gasteiger charge is -2.14. The molecule has 1 atom stereocenters. The lowest BCUT2D eigenvalue weighted by molar-refractivity contribution is 0.597. The van der Waals surface area contributed by atoms with Gasteiger partial charge in [0.15, 0.2) is 0 Å². The lowest BCUT2D eigenvalue weighted by Crippen LogP contribution is -2.18. The van der Waals surface area contributed by atoms with Gasteiger partial charge in [-0.15, -0.1) is 11.3 Å². The molecule has 1 unspecified atom stereocenters. The number of anilines is 1. The van der Waals surface area contributed by atoms with Gasteiger partial charge in [-0.05, 0) is 42.6 Å². The smallest absolute Gasteiger partial charge is 0.271 e. The minimum Gasteiger partial charge on any atom is -0.310 e. The topological polar surface area (TPSA) is 58.2 Å². The molecule has 4 nitrogen and oxygen atoms in total. The van der Waals surface area contributed by atoms with Crippen LogP contribution in [0.25, 0.3) is 0 Å². The molecule has 1 aromatic carbocycles. The van der Waals surface area contributed by atoms with Gasteiger partial charge in [0.25, 0.3) is 10.0 Å². The predicted octanol–water partition coefficient (Wildman–Crippen LogP) is 3.22. The van der Waals surface area contributed by atoms with Crippen LogP contribution in [0, 0.1) is 0 Å². The normalized spacial score (nSPS) is 13.1. The largest absolute Gasteiger partial charge is 0.310 e. The van der Waals surface area contributed by atoms with Crippen molar-refractivity contribution < 1.29 is 8.42 Å². The number of hydrogen-bond donors (Lipinski definition) is 2. The van der Waals surface area contributed by atoms with Crippen LogP contribution in [0.1, 0.15) is 25.5 Å². The molecule has 0 bridgehead atoms. The Morgan fingerprint density at radius 1 is 1.25 bits per heavy atom. The zero-order valence-corrected chi connectivity index (χ0v) is 13.1. The second-order valence-electron chi connectivity index (χ2n) is 4.44. The molecule has 0 aliphatic heterocycles. The van der Waals surface area contributed by atoms with Crippen molar-refractivity contribution in [3.05, 3.63) is 47.3 Å². The van der Waals surface area contributed by atoms with E-state index < -0.39 is 10.0 Å². The van der Waals surface area contributed by atoms with E-state index in [4.69, 9.17) is 0 Å². The molecule has 0 aliphatic rings. The van der Waals surface area contributed by atoms with Crippen LogP contribution in [0.2, 0.25) is 0 Å². The van der Waals surface area contributed by atoms with Crippen molar-refractivity contribution in [3.8, 4) is 0 Å². The summed E-state index contributed by atoms with van der Waals surface area (Å²) in [6, 6.07) is 11.0. The Morgan fingerprint density at radius 2 is 2.05 bits per heavy atom. The average molecular weight is 310 g/mol. The first-order valence-electron chi connectivity index (χ1n) is 6.42. The van der Waals surface area contributed by atoms with E-state index in [9.17, 15) is 8.42 Å². The molecule has 1 heterocycles. The van der Waals surface area contributed by atoms with Crippen molar-refractivity contribution in [1.29, 1.82) is 0 Å². The molecule has 0 fully saturated rings. The van der Waals surface area contributed by atoms with Gasteiger partial charge < -0.3 is 5.32 Å². The van der Waals surface area contributed by atoms with Crippen LogP contribution < -0.4 is 10.0 Å². The minimum absolute atomic E-state index is 0.186. The molecule has 20 heavy (non-hydrogen) atoms. The minimum atomic E-state index is -3.48. The van der Waals surface area contributed by atoms with Crippen LogP contribution in [0.15, 0.2) is 46.0 Å². The van der Waals surface area contributed by atoms with E-state index in [1.165, 1.54) is 11.3 Å². The summed E-state index contributed by atoms with van der Waals surface area (Å²) in [7, 11) is -3.48. The maximum atomic E-state index is 12.2. The van der Waals surface area contributed by atoms with Crippen molar-refractivity contribution in [2.75, 3.05) is 11.3 Å². The fraction of sp³-hybridized carbons (Fsp3) is 0.286. The number of benzene rings is 1. The van der Waals surface area contributed by atoms with E-state index in [0.717, 1.165) is 12.1 Å². The average Bonchev–Trinajstić information content (AvgIpc) is 2.93. The molecule has 1 aromatic heterocycles. The van der Waals surface area contributed by atoms with E-state index in [-0.39, 0.29) is 6.04 Å². The van der Waals surface area contributed by atoms with Gasteiger partial charge >= 0.3 is 0 Å². The third kappa shape index (κ3) is 3.59. The highest BCUT2D eigenvalue weighted by Gasteiger charge is 2.15. The highest BCUT2D eigenvalue weighted by Crippen LogP contribution is 2.22. The predicted molar refractivity (Wildman–Crippen MR) is 83.7 cm³/mol. The van der Waals surface area contributed by atoms with Crippen LogP contribution >= 0.6 is 11.3 Å². The Hall–Kier alpha value is -1.37. The molecule has 0 spiro atoms. The maximum absolute atomic E-state index is 12.2. The summed E-state index contributed by atoms with van der Waals surface area (Å²) in [6.45, 7) is 4.96. The monoisotopic (exact) mass is 310 g/mol. The third-order valence-corrected chi connectivity index (χ3v) is 5.69. The van der Waals surface area contributed by atoms with Gasteiger partial charge in [-0.3, -0.25) is 4.72 Å². The molecule has 2 aromatic rings. The first-order chi connectivity index (χ1) is 9.53. The highest BCUT2D eigenvalue weighted by molar-refractivity contribution is 7.94. The molecule has 0 saturated carbocycles. The van der Waals surface area contributed by atoms with Crippen molar-refractivity contribution >= 4 is 27.0 Å². The Bertz CT molecular complexity index is 652. The first kappa shape index (κ1) is 15.0. The van der Waals surface area contributed by atoms with Gasteiger partial charge in [0, 0.05) is 11.7 Å². The van der Waals surface area contributed by atoms with Crippen LogP contribution in [-0.2, 0) is 10.0 Å². The zero-order valence-electron chi connectivity index (χ0n) is 11.5. The molecular weight excluding hydrogens is 292 g/mol. The molecule has 0 aliphatic carbocycles. The summed E-state index contributed by atoms with van der Waals surface area (Å²) < 4.78 is 27.2. The SMILES string of the molecule is CCNC(C)c1cccc(NS(=O)(=O)c2cccs2)c1. The Morgan fingerprint density at radius 3 is 2.70 bits per heavy atom. The lowest BCUT2D eigenvalue weighted by atomic mass is 10.1. The zero-order chi connectivity index (χ0) is 14.6. The van der Waals surface area contributed by atoms with Gasteiger partial charge in [-0.1, -0.05) is 25.1 Å².